The van der Waals surface area contributed by atoms with Crippen molar-refractivity contribution in [2.75, 3.05) is 11.1 Å². The second-order valence-electron chi connectivity index (χ2n) is 4.31. The number of rotatable bonds is 3. The Morgan fingerprint density at radius 2 is 2.05 bits per heavy atom. The number of hydrogen-bond donors (Lipinski definition) is 2. The van der Waals surface area contributed by atoms with Gasteiger partial charge in [-0.3, -0.25) is 9.59 Å². The van der Waals surface area contributed by atoms with E-state index in [1.54, 1.807) is 36.5 Å². The van der Waals surface area contributed by atoms with Crippen LogP contribution in [0.5, 0.6) is 0 Å². The lowest BCUT2D eigenvalue weighted by atomic mass is 10.2. The molecule has 0 unspecified atom stereocenters. The van der Waals surface area contributed by atoms with Crippen LogP contribution in [0.4, 0.5) is 11.4 Å². The highest BCUT2D eigenvalue weighted by Gasteiger charge is 2.06. The smallest absolute Gasteiger partial charge is 0.251 e. The van der Waals surface area contributed by atoms with Gasteiger partial charge in [0.05, 0.1) is 11.4 Å². The summed E-state index contributed by atoms with van der Waals surface area (Å²) in [6.07, 6.45) is 1.60. The van der Waals surface area contributed by atoms with Gasteiger partial charge in [0.1, 0.15) is 6.54 Å². The lowest BCUT2D eigenvalue weighted by Crippen LogP contribution is -2.27. The van der Waals surface area contributed by atoms with Crippen molar-refractivity contribution in [1.82, 2.24) is 4.57 Å². The zero-order valence-electron chi connectivity index (χ0n) is 10.6. The van der Waals surface area contributed by atoms with Crippen molar-refractivity contribution in [2.24, 2.45) is 0 Å². The Balaban J connectivity index is 2.10. The molecule has 0 atom stereocenters. The molecule has 0 spiro atoms. The number of carbonyl (C=O) groups is 1. The molecule has 2 rings (SSSR count). The Bertz CT molecular complexity index is 662. The van der Waals surface area contributed by atoms with Gasteiger partial charge in [0.25, 0.3) is 5.56 Å². The molecule has 5 nitrogen and oxygen atoms in total. The molecule has 1 amide bonds. The van der Waals surface area contributed by atoms with E-state index in [9.17, 15) is 9.59 Å². The molecule has 0 aliphatic rings. The molecule has 98 valence electrons. The number of aromatic nitrogens is 1. The monoisotopic (exact) mass is 257 g/mol. The third-order valence-corrected chi connectivity index (χ3v) is 2.70. The van der Waals surface area contributed by atoms with Crippen molar-refractivity contribution in [3.05, 3.63) is 58.5 Å². The molecule has 3 N–H and O–H groups in total. The quantitative estimate of drug-likeness (QED) is 0.815. The summed E-state index contributed by atoms with van der Waals surface area (Å²) in [7, 11) is 0. The van der Waals surface area contributed by atoms with Gasteiger partial charge in [-0.15, -0.1) is 0 Å². The van der Waals surface area contributed by atoms with Gasteiger partial charge in [0, 0.05) is 12.3 Å². The summed E-state index contributed by atoms with van der Waals surface area (Å²) in [5, 5.41) is 2.68. The first kappa shape index (κ1) is 12.9. The van der Waals surface area contributed by atoms with E-state index < -0.39 is 0 Å². The number of para-hydroxylation sites is 2. The van der Waals surface area contributed by atoms with Crippen molar-refractivity contribution in [1.29, 1.82) is 0 Å². The van der Waals surface area contributed by atoms with E-state index in [0.29, 0.717) is 11.4 Å². The fourth-order valence-electron chi connectivity index (χ4n) is 1.69. The van der Waals surface area contributed by atoms with Crippen LogP contribution in [0.2, 0.25) is 0 Å². The van der Waals surface area contributed by atoms with E-state index in [0.717, 1.165) is 5.56 Å². The van der Waals surface area contributed by atoms with Crippen molar-refractivity contribution in [3.8, 4) is 0 Å². The molecule has 0 saturated heterocycles. The largest absolute Gasteiger partial charge is 0.397 e. The van der Waals surface area contributed by atoms with Crippen molar-refractivity contribution in [2.45, 2.75) is 13.5 Å². The fourth-order valence-corrected chi connectivity index (χ4v) is 1.69. The van der Waals surface area contributed by atoms with E-state index in [1.807, 2.05) is 6.92 Å². The van der Waals surface area contributed by atoms with Gasteiger partial charge < -0.3 is 15.6 Å². The predicted octanol–water partition coefficient (Wildman–Crippen LogP) is 1.38. The van der Waals surface area contributed by atoms with Crippen LogP contribution in [0.3, 0.4) is 0 Å². The molecule has 0 aliphatic carbocycles. The first-order valence-corrected chi connectivity index (χ1v) is 5.88. The maximum absolute atomic E-state index is 11.8. The second-order valence-corrected chi connectivity index (χ2v) is 4.31. The minimum Gasteiger partial charge on any atom is -0.397 e. The highest BCUT2D eigenvalue weighted by molar-refractivity contribution is 5.93. The summed E-state index contributed by atoms with van der Waals surface area (Å²) >= 11 is 0. The summed E-state index contributed by atoms with van der Waals surface area (Å²) in [6, 6.07) is 10.3. The zero-order valence-corrected chi connectivity index (χ0v) is 10.6. The maximum Gasteiger partial charge on any atom is 0.251 e. The molecular formula is C14H15N3O2. The van der Waals surface area contributed by atoms with Crippen LogP contribution in [-0.4, -0.2) is 10.5 Å². The van der Waals surface area contributed by atoms with Crippen LogP contribution in [-0.2, 0) is 11.3 Å². The summed E-state index contributed by atoms with van der Waals surface area (Å²) in [6.45, 7) is 1.80. The van der Waals surface area contributed by atoms with Crippen molar-refractivity contribution >= 4 is 17.3 Å². The topological polar surface area (TPSA) is 77.1 Å². The van der Waals surface area contributed by atoms with E-state index in [1.165, 1.54) is 10.6 Å². The van der Waals surface area contributed by atoms with Gasteiger partial charge in [0.15, 0.2) is 0 Å². The summed E-state index contributed by atoms with van der Waals surface area (Å²) in [5.74, 6) is -0.288. The number of nitrogen functional groups attached to an aromatic ring is 1. The van der Waals surface area contributed by atoms with Crippen LogP contribution in [0.15, 0.2) is 47.4 Å². The molecular weight excluding hydrogens is 242 g/mol. The number of nitrogens with two attached hydrogens (primary N) is 1. The Morgan fingerprint density at radius 1 is 1.32 bits per heavy atom. The SMILES string of the molecule is Cc1ccn(CC(=O)Nc2ccccc2N)c(=O)c1. The number of benzene rings is 1. The van der Waals surface area contributed by atoms with Crippen molar-refractivity contribution < 1.29 is 4.79 Å². The third-order valence-electron chi connectivity index (χ3n) is 2.70. The lowest BCUT2D eigenvalue weighted by molar-refractivity contribution is -0.116. The number of amides is 1. The number of nitrogens with zero attached hydrogens (tertiary/aromatic N) is 1. The molecule has 1 aromatic heterocycles. The number of nitrogens with one attached hydrogen (secondary N) is 1. The number of pyridine rings is 1. The standard InChI is InChI=1S/C14H15N3O2/c1-10-6-7-17(14(19)8-10)9-13(18)16-12-5-3-2-4-11(12)15/h2-8H,9,15H2,1H3,(H,16,18). The minimum atomic E-state index is -0.288. The lowest BCUT2D eigenvalue weighted by Gasteiger charge is -2.09. The molecule has 0 fully saturated rings. The van der Waals surface area contributed by atoms with Gasteiger partial charge in [-0.25, -0.2) is 0 Å². The first-order chi connectivity index (χ1) is 9.06. The van der Waals surface area contributed by atoms with Crippen LogP contribution in [0.1, 0.15) is 5.56 Å². The van der Waals surface area contributed by atoms with Gasteiger partial charge in [-0.2, -0.15) is 0 Å². The number of aryl methyl sites for hydroxylation is 1. The normalized spacial score (nSPS) is 10.2. The van der Waals surface area contributed by atoms with Gasteiger partial charge in [0.2, 0.25) is 5.91 Å². The summed E-state index contributed by atoms with van der Waals surface area (Å²) in [4.78, 5) is 23.5. The molecule has 0 saturated carbocycles. The number of hydrogen-bond acceptors (Lipinski definition) is 3. The Kier molecular flexibility index (Phi) is 3.66. The predicted molar refractivity (Wildman–Crippen MR) is 74.9 cm³/mol. The molecule has 19 heavy (non-hydrogen) atoms. The molecule has 0 bridgehead atoms. The minimum absolute atomic E-state index is 0.0343. The Morgan fingerprint density at radius 3 is 2.74 bits per heavy atom. The number of anilines is 2. The molecule has 1 heterocycles. The highest BCUT2D eigenvalue weighted by atomic mass is 16.2. The molecule has 1 aromatic carbocycles. The zero-order chi connectivity index (χ0) is 13.8. The molecule has 5 heteroatoms. The average molecular weight is 257 g/mol. The molecule has 0 radical (unpaired) electrons. The van der Waals surface area contributed by atoms with E-state index >= 15 is 0 Å². The van der Waals surface area contributed by atoms with E-state index in [-0.39, 0.29) is 18.0 Å². The van der Waals surface area contributed by atoms with Crippen LogP contribution in [0, 0.1) is 6.92 Å². The van der Waals surface area contributed by atoms with Gasteiger partial charge in [-0.05, 0) is 30.7 Å². The van der Waals surface area contributed by atoms with Gasteiger partial charge in [-0.1, -0.05) is 12.1 Å². The highest BCUT2D eigenvalue weighted by Crippen LogP contribution is 2.16. The van der Waals surface area contributed by atoms with Crippen LogP contribution in [0.25, 0.3) is 0 Å². The average Bonchev–Trinajstić information content (AvgIpc) is 2.36. The third kappa shape index (κ3) is 3.22. The summed E-state index contributed by atoms with van der Waals surface area (Å²) < 4.78 is 1.35. The first-order valence-electron chi connectivity index (χ1n) is 5.88. The number of carbonyl (C=O) groups excluding carboxylic acids is 1. The van der Waals surface area contributed by atoms with E-state index in [4.69, 9.17) is 5.73 Å². The van der Waals surface area contributed by atoms with Crippen LogP contribution < -0.4 is 16.6 Å². The van der Waals surface area contributed by atoms with E-state index in [2.05, 4.69) is 5.32 Å². The Hall–Kier alpha value is -2.56. The second kappa shape index (κ2) is 5.39. The van der Waals surface area contributed by atoms with Gasteiger partial charge >= 0.3 is 0 Å². The van der Waals surface area contributed by atoms with Crippen LogP contribution >= 0.6 is 0 Å². The van der Waals surface area contributed by atoms with Crippen molar-refractivity contribution in [3.63, 3.8) is 0 Å². The molecule has 0 aliphatic heterocycles. The Labute approximate surface area is 110 Å². The maximum atomic E-state index is 11.8. The fraction of sp³-hybridized carbons (Fsp3) is 0.143. The molecule has 2 aromatic rings. The summed E-state index contributed by atoms with van der Waals surface area (Å²) in [5.41, 5.74) is 7.44.